The summed E-state index contributed by atoms with van der Waals surface area (Å²) in [6.07, 6.45) is 0. The van der Waals surface area contributed by atoms with Crippen LogP contribution in [0.4, 0.5) is 0 Å². The maximum absolute atomic E-state index is 11.0. The molecule has 5 heteroatoms. The van der Waals surface area contributed by atoms with E-state index < -0.39 is 10.1 Å². The van der Waals surface area contributed by atoms with E-state index in [1.54, 1.807) is 6.92 Å². The van der Waals surface area contributed by atoms with E-state index >= 15 is 0 Å². The molecular formula is C12H11KO3S. The van der Waals surface area contributed by atoms with Crippen LogP contribution >= 0.6 is 0 Å². The third-order valence-electron chi connectivity index (χ3n) is 2.68. The zero-order valence-electron chi connectivity index (χ0n) is 10.0. The minimum absolute atomic E-state index is 0. The van der Waals surface area contributed by atoms with Gasteiger partial charge in [0.2, 0.25) is 0 Å². The van der Waals surface area contributed by atoms with Gasteiger partial charge in [-0.3, -0.25) is 0 Å². The first kappa shape index (κ1) is 15.3. The third-order valence-corrected chi connectivity index (χ3v) is 3.50. The van der Waals surface area contributed by atoms with Crippen LogP contribution in [0.3, 0.4) is 0 Å². The first-order valence-electron chi connectivity index (χ1n) is 4.85. The van der Waals surface area contributed by atoms with Crippen LogP contribution in [0.1, 0.15) is 11.1 Å². The molecule has 0 bridgehead atoms. The first-order chi connectivity index (χ1) is 7.39. The Labute approximate surface area is 143 Å². The van der Waals surface area contributed by atoms with Gasteiger partial charge in [0, 0.05) is 0 Å². The van der Waals surface area contributed by atoms with Gasteiger partial charge in [0.05, 0.1) is 4.90 Å². The number of hydrogen-bond donors (Lipinski definition) is 0. The molecule has 0 spiro atoms. The Morgan fingerprint density at radius 1 is 1.00 bits per heavy atom. The SMILES string of the molecule is Cc1cc(S(=O)(=O)[O-])cc2c(C)cccc12.[K+]. The number of rotatable bonds is 1. The molecule has 17 heavy (non-hydrogen) atoms. The van der Waals surface area contributed by atoms with Crippen LogP contribution in [0.25, 0.3) is 10.8 Å². The van der Waals surface area contributed by atoms with Crippen LogP contribution in [-0.4, -0.2) is 13.0 Å². The summed E-state index contributed by atoms with van der Waals surface area (Å²) in [6.45, 7) is 3.69. The number of aryl methyl sites for hydroxylation is 2. The van der Waals surface area contributed by atoms with Gasteiger partial charge in [0.15, 0.2) is 0 Å². The predicted molar refractivity (Wildman–Crippen MR) is 61.4 cm³/mol. The molecule has 2 aromatic carbocycles. The number of benzene rings is 2. The van der Waals surface area contributed by atoms with Crippen molar-refractivity contribution in [1.29, 1.82) is 0 Å². The quantitative estimate of drug-likeness (QED) is 0.514. The van der Waals surface area contributed by atoms with Gasteiger partial charge < -0.3 is 4.55 Å². The number of hydrogen-bond acceptors (Lipinski definition) is 3. The van der Waals surface area contributed by atoms with E-state index in [-0.39, 0.29) is 56.3 Å². The molecule has 0 N–H and O–H groups in total. The maximum atomic E-state index is 11.0. The molecule has 2 aromatic rings. The van der Waals surface area contributed by atoms with E-state index in [2.05, 4.69) is 0 Å². The summed E-state index contributed by atoms with van der Waals surface area (Å²) >= 11 is 0. The Bertz CT molecular complexity index is 663. The maximum Gasteiger partial charge on any atom is 1.00 e. The van der Waals surface area contributed by atoms with E-state index in [4.69, 9.17) is 0 Å². The molecule has 0 saturated carbocycles. The minimum Gasteiger partial charge on any atom is -0.744 e. The van der Waals surface area contributed by atoms with E-state index in [1.807, 2.05) is 25.1 Å². The monoisotopic (exact) mass is 274 g/mol. The van der Waals surface area contributed by atoms with Crippen molar-refractivity contribution < 1.29 is 64.4 Å². The fourth-order valence-electron chi connectivity index (χ4n) is 1.84. The minimum atomic E-state index is -4.38. The predicted octanol–water partition coefficient (Wildman–Crippen LogP) is -0.635. The van der Waals surface area contributed by atoms with Crippen molar-refractivity contribution in [3.63, 3.8) is 0 Å². The van der Waals surface area contributed by atoms with E-state index in [0.717, 1.165) is 21.9 Å². The third kappa shape index (κ3) is 3.17. The van der Waals surface area contributed by atoms with Crippen LogP contribution in [0, 0.1) is 13.8 Å². The molecule has 0 saturated heterocycles. The van der Waals surface area contributed by atoms with Gasteiger partial charge >= 0.3 is 51.4 Å². The molecular weight excluding hydrogens is 263 g/mol. The molecule has 0 atom stereocenters. The molecule has 2 rings (SSSR count). The Morgan fingerprint density at radius 2 is 1.65 bits per heavy atom. The normalized spacial score (nSPS) is 11.2. The summed E-state index contributed by atoms with van der Waals surface area (Å²) in [7, 11) is -4.38. The van der Waals surface area contributed by atoms with Gasteiger partial charge in [-0.2, -0.15) is 0 Å². The molecule has 0 aromatic heterocycles. The van der Waals surface area contributed by atoms with Crippen molar-refractivity contribution >= 4 is 20.9 Å². The van der Waals surface area contributed by atoms with Crippen LogP contribution in [-0.2, 0) is 10.1 Å². The average molecular weight is 274 g/mol. The van der Waals surface area contributed by atoms with Crippen molar-refractivity contribution in [2.75, 3.05) is 0 Å². The molecule has 0 aliphatic carbocycles. The summed E-state index contributed by atoms with van der Waals surface area (Å²) in [5.74, 6) is 0. The zero-order valence-corrected chi connectivity index (χ0v) is 14.0. The molecule has 0 aliphatic rings. The second-order valence-corrected chi connectivity index (χ2v) is 5.24. The average Bonchev–Trinajstić information content (AvgIpc) is 2.18. The standard InChI is InChI=1S/C12H12O3S.K/c1-8-4-3-5-11-9(2)6-10(7-12(8)11)16(13,14)15;/h3-7H,1-2H3,(H,13,14,15);/q;+1/p-1. The number of fused-ring (bicyclic) bond motifs is 1. The first-order valence-corrected chi connectivity index (χ1v) is 6.26. The summed E-state index contributed by atoms with van der Waals surface area (Å²) in [6, 6.07) is 8.59. The topological polar surface area (TPSA) is 57.2 Å². The second kappa shape index (κ2) is 5.48. The largest absolute Gasteiger partial charge is 1.00 e. The van der Waals surface area contributed by atoms with E-state index in [1.165, 1.54) is 12.1 Å². The van der Waals surface area contributed by atoms with Crippen molar-refractivity contribution in [2.24, 2.45) is 0 Å². The van der Waals surface area contributed by atoms with Crippen molar-refractivity contribution in [3.8, 4) is 0 Å². The van der Waals surface area contributed by atoms with Crippen LogP contribution in [0.2, 0.25) is 0 Å². The van der Waals surface area contributed by atoms with Crippen LogP contribution in [0.15, 0.2) is 35.2 Å². The van der Waals surface area contributed by atoms with E-state index in [9.17, 15) is 13.0 Å². The van der Waals surface area contributed by atoms with Crippen molar-refractivity contribution in [2.45, 2.75) is 18.7 Å². The summed E-state index contributed by atoms with van der Waals surface area (Å²) in [5, 5.41) is 1.80. The van der Waals surface area contributed by atoms with Gasteiger partial charge in [-0.25, -0.2) is 8.42 Å². The van der Waals surface area contributed by atoms with Gasteiger partial charge in [-0.15, -0.1) is 0 Å². The van der Waals surface area contributed by atoms with Crippen LogP contribution < -0.4 is 51.4 Å². The molecule has 0 radical (unpaired) electrons. The Balaban J connectivity index is 0.00000144. The molecule has 0 heterocycles. The molecule has 0 aliphatic heterocycles. The molecule has 0 unspecified atom stereocenters. The zero-order chi connectivity index (χ0) is 11.9. The Hall–Kier alpha value is 0.246. The van der Waals surface area contributed by atoms with Gasteiger partial charge in [0.1, 0.15) is 10.1 Å². The van der Waals surface area contributed by atoms with E-state index in [0.29, 0.717) is 0 Å². The van der Waals surface area contributed by atoms with Gasteiger partial charge in [-0.05, 0) is 47.9 Å². The summed E-state index contributed by atoms with van der Waals surface area (Å²) < 4.78 is 33.0. The van der Waals surface area contributed by atoms with Crippen LogP contribution in [0.5, 0.6) is 0 Å². The fraction of sp³-hybridized carbons (Fsp3) is 0.167. The van der Waals surface area contributed by atoms with Gasteiger partial charge in [0.25, 0.3) is 0 Å². The molecule has 3 nitrogen and oxygen atoms in total. The molecule has 0 amide bonds. The molecule has 0 fully saturated rings. The van der Waals surface area contributed by atoms with Crippen molar-refractivity contribution in [3.05, 3.63) is 41.5 Å². The fourth-order valence-corrected chi connectivity index (χ4v) is 2.42. The smallest absolute Gasteiger partial charge is 0.744 e. The van der Waals surface area contributed by atoms with Crippen molar-refractivity contribution in [1.82, 2.24) is 0 Å². The Kier molecular flexibility index (Phi) is 4.94. The summed E-state index contributed by atoms with van der Waals surface area (Å²) in [4.78, 5) is -0.160. The van der Waals surface area contributed by atoms with Gasteiger partial charge in [-0.1, -0.05) is 18.2 Å². The molecule has 84 valence electrons. The Morgan fingerprint density at radius 3 is 2.24 bits per heavy atom. The second-order valence-electron chi connectivity index (χ2n) is 3.86. The summed E-state index contributed by atoms with van der Waals surface area (Å²) in [5.41, 5.74) is 1.77.